The molecule has 1 aliphatic carbocycles. The van der Waals surface area contributed by atoms with Gasteiger partial charge in [-0.25, -0.2) is 0 Å². The number of rotatable bonds is 0. The first-order valence-corrected chi connectivity index (χ1v) is 6.54. The second kappa shape index (κ2) is 4.04. The molecule has 0 aromatic carbocycles. The first kappa shape index (κ1) is 11.9. The highest BCUT2D eigenvalue weighted by atomic mass is 16.5. The molecule has 1 spiro atoms. The van der Waals surface area contributed by atoms with Crippen molar-refractivity contribution in [3.8, 4) is 6.07 Å². The minimum absolute atomic E-state index is 0.0522. The van der Waals surface area contributed by atoms with E-state index in [0.717, 1.165) is 19.3 Å². The molecule has 1 saturated carbocycles. The monoisotopic (exact) mass is 221 g/mol. The molecule has 2 atom stereocenters. The van der Waals surface area contributed by atoms with E-state index in [1.165, 1.54) is 19.3 Å². The Bertz CT molecular complexity index is 291. The molecule has 2 rings (SSSR count). The molecule has 2 heteroatoms. The van der Waals surface area contributed by atoms with E-state index in [1.807, 2.05) is 0 Å². The highest BCUT2D eigenvalue weighted by Crippen LogP contribution is 2.48. The molecule has 1 heterocycles. The lowest BCUT2D eigenvalue weighted by molar-refractivity contribution is -0.100. The van der Waals surface area contributed by atoms with Crippen molar-refractivity contribution in [2.45, 2.75) is 71.0 Å². The van der Waals surface area contributed by atoms with Crippen LogP contribution in [-0.2, 0) is 4.74 Å². The molecule has 0 bridgehead atoms. The molecule has 0 amide bonds. The van der Waals surface area contributed by atoms with E-state index in [0.29, 0.717) is 0 Å². The van der Waals surface area contributed by atoms with Gasteiger partial charge in [0.05, 0.1) is 23.7 Å². The second-order valence-electron chi connectivity index (χ2n) is 6.59. The molecule has 1 saturated heterocycles. The van der Waals surface area contributed by atoms with Crippen molar-refractivity contribution in [1.29, 1.82) is 5.26 Å². The summed E-state index contributed by atoms with van der Waals surface area (Å²) >= 11 is 0. The van der Waals surface area contributed by atoms with Crippen molar-refractivity contribution in [3.63, 3.8) is 0 Å². The predicted molar refractivity (Wildman–Crippen MR) is 63.9 cm³/mol. The van der Waals surface area contributed by atoms with Crippen LogP contribution in [0.1, 0.15) is 59.3 Å². The van der Waals surface area contributed by atoms with Gasteiger partial charge in [0.1, 0.15) is 0 Å². The van der Waals surface area contributed by atoms with Crippen LogP contribution in [0, 0.1) is 22.7 Å². The normalized spacial score (nSPS) is 33.9. The van der Waals surface area contributed by atoms with E-state index in [2.05, 4.69) is 26.8 Å². The van der Waals surface area contributed by atoms with Gasteiger partial charge in [-0.1, -0.05) is 40.0 Å². The van der Waals surface area contributed by atoms with Gasteiger partial charge in [-0.15, -0.1) is 0 Å². The van der Waals surface area contributed by atoms with Gasteiger partial charge in [0.15, 0.2) is 0 Å². The van der Waals surface area contributed by atoms with Gasteiger partial charge < -0.3 is 4.74 Å². The first-order valence-electron chi connectivity index (χ1n) is 6.54. The Morgan fingerprint density at radius 2 is 1.81 bits per heavy atom. The molecule has 90 valence electrons. The van der Waals surface area contributed by atoms with Crippen LogP contribution in [0.4, 0.5) is 0 Å². The molecule has 2 aliphatic rings. The highest BCUT2D eigenvalue weighted by molar-refractivity contribution is 5.06. The summed E-state index contributed by atoms with van der Waals surface area (Å²) in [4.78, 5) is 0. The van der Waals surface area contributed by atoms with Crippen LogP contribution in [0.15, 0.2) is 0 Å². The van der Waals surface area contributed by atoms with Gasteiger partial charge >= 0.3 is 0 Å². The van der Waals surface area contributed by atoms with Crippen molar-refractivity contribution in [1.82, 2.24) is 0 Å². The minimum atomic E-state index is 0.0522. The van der Waals surface area contributed by atoms with Crippen molar-refractivity contribution in [2.24, 2.45) is 11.3 Å². The number of nitriles is 1. The maximum Gasteiger partial charge on any atom is 0.0789 e. The van der Waals surface area contributed by atoms with Crippen molar-refractivity contribution < 1.29 is 4.74 Å². The summed E-state index contributed by atoms with van der Waals surface area (Å²) in [7, 11) is 0. The van der Waals surface area contributed by atoms with E-state index in [4.69, 9.17) is 4.74 Å². The Hall–Kier alpha value is -0.550. The summed E-state index contributed by atoms with van der Waals surface area (Å²) in [6.07, 6.45) is 7.30. The highest BCUT2D eigenvalue weighted by Gasteiger charge is 2.50. The van der Waals surface area contributed by atoms with Gasteiger partial charge in [-0.2, -0.15) is 5.26 Å². The minimum Gasteiger partial charge on any atom is -0.370 e. The zero-order chi connectivity index (χ0) is 11.8. The number of hydrogen-bond acceptors (Lipinski definition) is 2. The molecular formula is C14H23NO. The lowest BCUT2D eigenvalue weighted by Crippen LogP contribution is -2.35. The molecule has 0 radical (unpaired) electrons. The Labute approximate surface area is 99.0 Å². The van der Waals surface area contributed by atoms with Crippen LogP contribution in [0.3, 0.4) is 0 Å². The number of ether oxygens (including phenoxy) is 1. The van der Waals surface area contributed by atoms with Crippen LogP contribution in [0.5, 0.6) is 0 Å². The van der Waals surface area contributed by atoms with Crippen molar-refractivity contribution in [2.75, 3.05) is 0 Å². The van der Waals surface area contributed by atoms with Crippen LogP contribution < -0.4 is 0 Å². The molecule has 0 aromatic heterocycles. The summed E-state index contributed by atoms with van der Waals surface area (Å²) in [5.74, 6) is 0.0955. The summed E-state index contributed by atoms with van der Waals surface area (Å²) in [5.41, 5.74) is 0.137. The first-order chi connectivity index (χ1) is 7.47. The van der Waals surface area contributed by atoms with Crippen LogP contribution in [0.2, 0.25) is 0 Å². The smallest absolute Gasteiger partial charge is 0.0789 e. The summed E-state index contributed by atoms with van der Waals surface area (Å²) < 4.78 is 6.34. The van der Waals surface area contributed by atoms with Gasteiger partial charge in [0.2, 0.25) is 0 Å². The number of hydrogen-bond donors (Lipinski definition) is 0. The second-order valence-corrected chi connectivity index (χ2v) is 6.59. The fourth-order valence-corrected chi connectivity index (χ4v) is 3.32. The van der Waals surface area contributed by atoms with Gasteiger partial charge in [0.25, 0.3) is 0 Å². The topological polar surface area (TPSA) is 33.0 Å². The summed E-state index contributed by atoms with van der Waals surface area (Å²) in [5, 5.41) is 9.28. The van der Waals surface area contributed by atoms with Crippen molar-refractivity contribution in [3.05, 3.63) is 0 Å². The fourth-order valence-electron chi connectivity index (χ4n) is 3.32. The van der Waals surface area contributed by atoms with E-state index in [1.54, 1.807) is 0 Å². The van der Waals surface area contributed by atoms with Crippen molar-refractivity contribution >= 4 is 0 Å². The fraction of sp³-hybridized carbons (Fsp3) is 0.929. The molecule has 2 nitrogen and oxygen atoms in total. The summed E-state index contributed by atoms with van der Waals surface area (Å²) in [6.45, 7) is 6.55. The van der Waals surface area contributed by atoms with Gasteiger partial charge in [-0.05, 0) is 24.7 Å². The largest absolute Gasteiger partial charge is 0.370 e. The third kappa shape index (κ3) is 2.11. The molecule has 1 aliphatic heterocycles. The molecular weight excluding hydrogens is 198 g/mol. The summed E-state index contributed by atoms with van der Waals surface area (Å²) in [6, 6.07) is 2.47. The Morgan fingerprint density at radius 3 is 2.25 bits per heavy atom. The maximum absolute atomic E-state index is 9.28. The molecule has 0 N–H and O–H groups in total. The van der Waals surface area contributed by atoms with Crippen LogP contribution >= 0.6 is 0 Å². The van der Waals surface area contributed by atoms with Crippen LogP contribution in [-0.4, -0.2) is 11.7 Å². The third-order valence-electron chi connectivity index (χ3n) is 4.12. The molecule has 0 aromatic rings. The van der Waals surface area contributed by atoms with Crippen LogP contribution in [0.25, 0.3) is 0 Å². The van der Waals surface area contributed by atoms with E-state index in [9.17, 15) is 5.26 Å². The zero-order valence-electron chi connectivity index (χ0n) is 10.8. The van der Waals surface area contributed by atoms with E-state index in [-0.39, 0.29) is 23.0 Å². The quantitative estimate of drug-likeness (QED) is 0.625. The lowest BCUT2D eigenvalue weighted by atomic mass is 9.77. The average Bonchev–Trinajstić information content (AvgIpc) is 2.58. The molecule has 2 unspecified atom stereocenters. The molecule has 16 heavy (non-hydrogen) atoms. The SMILES string of the molecule is CC(C)(C)C1OC2(CCCCC2)CC1C#N. The predicted octanol–water partition coefficient (Wildman–Crippen LogP) is 3.66. The maximum atomic E-state index is 9.28. The average molecular weight is 221 g/mol. The lowest BCUT2D eigenvalue weighted by Gasteiger charge is -2.36. The van der Waals surface area contributed by atoms with Gasteiger partial charge in [0, 0.05) is 0 Å². The van der Waals surface area contributed by atoms with Gasteiger partial charge in [-0.3, -0.25) is 0 Å². The third-order valence-corrected chi connectivity index (χ3v) is 4.12. The Kier molecular flexibility index (Phi) is 3.01. The molecule has 2 fully saturated rings. The standard InChI is InChI=1S/C14H23NO/c1-13(2,3)12-11(10-15)9-14(16-12)7-5-4-6-8-14/h11-12H,4-9H2,1-3H3. The van der Waals surface area contributed by atoms with E-state index < -0.39 is 0 Å². The Balaban J connectivity index is 2.15. The Morgan fingerprint density at radius 1 is 1.19 bits per heavy atom. The number of nitrogens with zero attached hydrogens (tertiary/aromatic N) is 1. The zero-order valence-corrected chi connectivity index (χ0v) is 10.8. The van der Waals surface area contributed by atoms with E-state index >= 15 is 0 Å².